The van der Waals surface area contributed by atoms with Gasteiger partial charge in [0.05, 0.1) is 10.4 Å². The number of rotatable bonds is 5. The van der Waals surface area contributed by atoms with Gasteiger partial charge in [0.1, 0.15) is 0 Å². The van der Waals surface area contributed by atoms with Crippen LogP contribution in [-0.2, 0) is 13.1 Å². The molecule has 0 saturated carbocycles. The monoisotopic (exact) mass is 318 g/mol. The zero-order valence-electron chi connectivity index (χ0n) is 12.2. The van der Waals surface area contributed by atoms with Crippen molar-refractivity contribution in [2.75, 3.05) is 26.2 Å². The standard InChI is InChI=1S/C15H18N4O2S/c20-19(21)14-3-1-13(2-4-14)10-17-5-7-18(8-6-17)11-15-9-16-12-22-15/h1-4,9,12H,5-8,10-11H2. The van der Waals surface area contributed by atoms with E-state index >= 15 is 0 Å². The summed E-state index contributed by atoms with van der Waals surface area (Å²) in [6.07, 6.45) is 1.94. The molecule has 0 aliphatic carbocycles. The summed E-state index contributed by atoms with van der Waals surface area (Å²) in [5.41, 5.74) is 3.15. The summed E-state index contributed by atoms with van der Waals surface area (Å²) in [5.74, 6) is 0. The minimum Gasteiger partial charge on any atom is -0.297 e. The van der Waals surface area contributed by atoms with Crippen molar-refractivity contribution in [1.29, 1.82) is 0 Å². The molecular formula is C15H18N4O2S. The minimum atomic E-state index is -0.359. The lowest BCUT2D eigenvalue weighted by molar-refractivity contribution is -0.384. The molecule has 0 radical (unpaired) electrons. The molecule has 1 aliphatic rings. The van der Waals surface area contributed by atoms with Gasteiger partial charge >= 0.3 is 0 Å². The first kappa shape index (κ1) is 15.1. The Morgan fingerprint density at radius 2 is 1.73 bits per heavy atom. The molecule has 3 rings (SSSR count). The molecule has 0 spiro atoms. The van der Waals surface area contributed by atoms with Gasteiger partial charge in [0, 0.05) is 62.5 Å². The number of thiazole rings is 1. The van der Waals surface area contributed by atoms with Gasteiger partial charge in [-0.25, -0.2) is 0 Å². The Morgan fingerprint density at radius 1 is 1.09 bits per heavy atom. The van der Waals surface area contributed by atoms with Crippen LogP contribution in [0.1, 0.15) is 10.4 Å². The summed E-state index contributed by atoms with van der Waals surface area (Å²) < 4.78 is 0. The number of benzene rings is 1. The maximum absolute atomic E-state index is 10.7. The highest BCUT2D eigenvalue weighted by atomic mass is 32.1. The molecule has 1 aromatic carbocycles. The van der Waals surface area contributed by atoms with E-state index in [2.05, 4.69) is 14.8 Å². The first-order valence-electron chi connectivity index (χ1n) is 7.26. The second-order valence-electron chi connectivity index (χ2n) is 5.44. The third-order valence-corrected chi connectivity index (χ3v) is 4.65. The van der Waals surface area contributed by atoms with Crippen LogP contribution in [0.3, 0.4) is 0 Å². The molecule has 0 atom stereocenters. The van der Waals surface area contributed by atoms with Gasteiger partial charge in [0.2, 0.25) is 0 Å². The van der Waals surface area contributed by atoms with E-state index in [0.29, 0.717) is 0 Å². The van der Waals surface area contributed by atoms with E-state index in [-0.39, 0.29) is 10.6 Å². The third kappa shape index (κ3) is 3.88. The average Bonchev–Trinajstić information content (AvgIpc) is 3.03. The molecule has 116 valence electrons. The van der Waals surface area contributed by atoms with Crippen molar-refractivity contribution in [2.24, 2.45) is 0 Å². The quantitative estimate of drug-likeness (QED) is 0.625. The van der Waals surface area contributed by atoms with E-state index in [4.69, 9.17) is 0 Å². The lowest BCUT2D eigenvalue weighted by Crippen LogP contribution is -2.45. The summed E-state index contributed by atoms with van der Waals surface area (Å²) in [4.78, 5) is 20.6. The van der Waals surface area contributed by atoms with Crippen LogP contribution >= 0.6 is 11.3 Å². The number of nitro benzene ring substituents is 1. The fraction of sp³-hybridized carbons (Fsp3) is 0.400. The van der Waals surface area contributed by atoms with Gasteiger partial charge in [0.25, 0.3) is 5.69 Å². The molecule has 1 saturated heterocycles. The number of aromatic nitrogens is 1. The average molecular weight is 318 g/mol. The Labute approximate surface area is 133 Å². The number of piperazine rings is 1. The number of nitro groups is 1. The Balaban J connectivity index is 1.48. The van der Waals surface area contributed by atoms with Crippen LogP contribution in [0.2, 0.25) is 0 Å². The first-order chi connectivity index (χ1) is 10.7. The second kappa shape index (κ2) is 6.95. The van der Waals surface area contributed by atoms with Crippen LogP contribution in [0.4, 0.5) is 5.69 Å². The number of non-ortho nitro benzene ring substituents is 1. The molecule has 0 bridgehead atoms. The largest absolute Gasteiger partial charge is 0.297 e. The van der Waals surface area contributed by atoms with Crippen molar-refractivity contribution in [3.8, 4) is 0 Å². The lowest BCUT2D eigenvalue weighted by Gasteiger charge is -2.34. The van der Waals surface area contributed by atoms with Crippen LogP contribution < -0.4 is 0 Å². The van der Waals surface area contributed by atoms with Crippen LogP contribution in [-0.4, -0.2) is 45.9 Å². The zero-order valence-corrected chi connectivity index (χ0v) is 13.0. The van der Waals surface area contributed by atoms with E-state index in [9.17, 15) is 10.1 Å². The zero-order chi connectivity index (χ0) is 15.4. The molecule has 2 heterocycles. The number of hydrogen-bond acceptors (Lipinski definition) is 6. The smallest absolute Gasteiger partial charge is 0.269 e. The Bertz CT molecular complexity index is 607. The van der Waals surface area contributed by atoms with Crippen LogP contribution in [0, 0.1) is 10.1 Å². The van der Waals surface area contributed by atoms with Gasteiger partial charge in [-0.1, -0.05) is 12.1 Å². The highest BCUT2D eigenvalue weighted by Gasteiger charge is 2.17. The second-order valence-corrected chi connectivity index (χ2v) is 6.41. The van der Waals surface area contributed by atoms with Gasteiger partial charge < -0.3 is 0 Å². The van der Waals surface area contributed by atoms with Crippen LogP contribution in [0.5, 0.6) is 0 Å². The summed E-state index contributed by atoms with van der Waals surface area (Å²) in [6, 6.07) is 6.86. The van der Waals surface area contributed by atoms with E-state index in [0.717, 1.165) is 44.8 Å². The molecule has 6 nitrogen and oxygen atoms in total. The van der Waals surface area contributed by atoms with Crippen molar-refractivity contribution >= 4 is 17.0 Å². The molecule has 1 aromatic heterocycles. The lowest BCUT2D eigenvalue weighted by atomic mass is 10.2. The van der Waals surface area contributed by atoms with Gasteiger partial charge in [0.15, 0.2) is 0 Å². The van der Waals surface area contributed by atoms with Crippen molar-refractivity contribution in [3.63, 3.8) is 0 Å². The maximum Gasteiger partial charge on any atom is 0.269 e. The molecule has 1 aliphatic heterocycles. The van der Waals surface area contributed by atoms with E-state index in [1.54, 1.807) is 23.5 Å². The number of hydrogen-bond donors (Lipinski definition) is 0. The van der Waals surface area contributed by atoms with Gasteiger partial charge in [-0.3, -0.25) is 24.9 Å². The predicted octanol–water partition coefficient (Wildman–Crippen LogP) is 2.37. The van der Waals surface area contributed by atoms with Crippen molar-refractivity contribution in [1.82, 2.24) is 14.8 Å². The molecule has 0 unspecified atom stereocenters. The van der Waals surface area contributed by atoms with Crippen molar-refractivity contribution < 1.29 is 4.92 Å². The van der Waals surface area contributed by atoms with E-state index < -0.39 is 0 Å². The summed E-state index contributed by atoms with van der Waals surface area (Å²) in [7, 11) is 0. The highest BCUT2D eigenvalue weighted by molar-refractivity contribution is 7.09. The van der Waals surface area contributed by atoms with Crippen molar-refractivity contribution in [2.45, 2.75) is 13.1 Å². The molecular weight excluding hydrogens is 300 g/mol. The highest BCUT2D eigenvalue weighted by Crippen LogP contribution is 2.16. The minimum absolute atomic E-state index is 0.151. The van der Waals surface area contributed by atoms with Gasteiger partial charge in [-0.15, -0.1) is 11.3 Å². The van der Waals surface area contributed by atoms with Gasteiger partial charge in [-0.05, 0) is 5.56 Å². The van der Waals surface area contributed by atoms with Crippen molar-refractivity contribution in [3.05, 3.63) is 56.5 Å². The van der Waals surface area contributed by atoms with Crippen LogP contribution in [0.25, 0.3) is 0 Å². The Kier molecular flexibility index (Phi) is 4.77. The van der Waals surface area contributed by atoms with E-state index in [1.807, 2.05) is 23.8 Å². The predicted molar refractivity (Wildman–Crippen MR) is 85.8 cm³/mol. The summed E-state index contributed by atoms with van der Waals surface area (Å²) in [5, 5.41) is 10.7. The maximum atomic E-state index is 10.7. The van der Waals surface area contributed by atoms with E-state index in [1.165, 1.54) is 4.88 Å². The first-order valence-corrected chi connectivity index (χ1v) is 8.14. The van der Waals surface area contributed by atoms with Gasteiger partial charge in [-0.2, -0.15) is 0 Å². The fourth-order valence-electron chi connectivity index (χ4n) is 2.63. The Hall–Kier alpha value is -1.83. The fourth-order valence-corrected chi connectivity index (χ4v) is 3.26. The molecule has 22 heavy (non-hydrogen) atoms. The molecule has 7 heteroatoms. The topological polar surface area (TPSA) is 62.5 Å². The molecule has 0 N–H and O–H groups in total. The summed E-state index contributed by atoms with van der Waals surface area (Å²) >= 11 is 1.70. The molecule has 0 amide bonds. The SMILES string of the molecule is O=[N+]([O-])c1ccc(CN2CCN(Cc3cncs3)CC2)cc1. The van der Waals surface area contributed by atoms with Crippen LogP contribution in [0.15, 0.2) is 36.0 Å². The molecule has 2 aromatic rings. The number of nitrogens with zero attached hydrogens (tertiary/aromatic N) is 4. The third-order valence-electron chi connectivity index (χ3n) is 3.88. The molecule has 1 fully saturated rings. The Morgan fingerprint density at radius 3 is 2.27 bits per heavy atom. The normalized spacial score (nSPS) is 16.7. The summed E-state index contributed by atoms with van der Waals surface area (Å²) in [6.45, 7) is 5.98.